The summed E-state index contributed by atoms with van der Waals surface area (Å²) in [6.07, 6.45) is 0.166. The second-order valence-electron chi connectivity index (χ2n) is 7.69. The van der Waals surface area contributed by atoms with E-state index in [9.17, 15) is 13.2 Å². The summed E-state index contributed by atoms with van der Waals surface area (Å²) >= 11 is 1.74. The van der Waals surface area contributed by atoms with Crippen molar-refractivity contribution in [1.29, 1.82) is 0 Å². The van der Waals surface area contributed by atoms with Gasteiger partial charge in [0.25, 0.3) is 0 Å². The Balaban J connectivity index is 1.61. The van der Waals surface area contributed by atoms with Crippen LogP contribution in [0.25, 0.3) is 5.69 Å². The predicted octanol–water partition coefficient (Wildman–Crippen LogP) is 5.87. The van der Waals surface area contributed by atoms with E-state index in [1.54, 1.807) is 24.0 Å². The van der Waals surface area contributed by atoms with Gasteiger partial charge in [-0.2, -0.15) is 13.2 Å². The molecule has 0 aliphatic carbocycles. The van der Waals surface area contributed by atoms with Crippen molar-refractivity contribution in [2.24, 2.45) is 4.99 Å². The summed E-state index contributed by atoms with van der Waals surface area (Å²) < 4.78 is 41.8. The largest absolute Gasteiger partial charge is 0.416 e. The normalized spacial score (nSPS) is 23.2. The van der Waals surface area contributed by atoms with Gasteiger partial charge in [-0.1, -0.05) is 30.8 Å². The number of fused-ring (bicyclic) bond motifs is 1. The van der Waals surface area contributed by atoms with Gasteiger partial charge in [0.2, 0.25) is 0 Å². The number of alkyl halides is 3. The van der Waals surface area contributed by atoms with Crippen molar-refractivity contribution < 1.29 is 13.2 Å². The fourth-order valence-electron chi connectivity index (χ4n) is 4.37. The van der Waals surface area contributed by atoms with Crippen LogP contribution in [0.4, 0.5) is 13.2 Å². The number of halogens is 3. The van der Waals surface area contributed by atoms with Gasteiger partial charge in [0, 0.05) is 35.6 Å². The van der Waals surface area contributed by atoms with Crippen molar-refractivity contribution in [3.63, 3.8) is 0 Å². The van der Waals surface area contributed by atoms with Gasteiger partial charge in [0.15, 0.2) is 5.17 Å². The van der Waals surface area contributed by atoms with E-state index in [0.29, 0.717) is 11.7 Å². The Bertz CT molecular complexity index is 1110. The molecule has 0 spiro atoms. The number of aromatic nitrogens is 2. The van der Waals surface area contributed by atoms with Crippen molar-refractivity contribution in [1.82, 2.24) is 14.5 Å². The molecule has 5 rings (SSSR count). The van der Waals surface area contributed by atoms with Crippen molar-refractivity contribution >= 4 is 16.9 Å². The Kier molecular flexibility index (Phi) is 5.04. The topological polar surface area (TPSA) is 33.4 Å². The highest BCUT2D eigenvalue weighted by molar-refractivity contribution is 8.14. The standard InChI is InChI=1S/C23H21F3N4S/c1-2-16-14-31-22-28-20(18-9-3-4-11-27-18)21(30(16)22)19-10-6-12-29(19)17-8-5-7-15(13-17)23(24,25)26/h3-13,16,20-21H,2,14H2,1H3/t16-,20-,21-/m1/s1. The Morgan fingerprint density at radius 2 is 1.97 bits per heavy atom. The fraction of sp³-hybridized carbons (Fsp3) is 0.304. The van der Waals surface area contributed by atoms with E-state index in [0.717, 1.165) is 34.8 Å². The maximum Gasteiger partial charge on any atom is 0.416 e. The maximum absolute atomic E-state index is 13.3. The molecule has 0 saturated carbocycles. The molecule has 2 aliphatic rings. The number of pyridine rings is 1. The number of hydrogen-bond donors (Lipinski definition) is 0. The molecule has 1 aromatic carbocycles. The van der Waals surface area contributed by atoms with E-state index < -0.39 is 11.7 Å². The molecule has 8 heteroatoms. The van der Waals surface area contributed by atoms with E-state index in [-0.39, 0.29) is 12.1 Å². The van der Waals surface area contributed by atoms with Crippen LogP contribution in [-0.4, -0.2) is 31.4 Å². The molecule has 0 N–H and O–H groups in total. The van der Waals surface area contributed by atoms with Crippen LogP contribution in [0.1, 0.15) is 42.4 Å². The highest BCUT2D eigenvalue weighted by Gasteiger charge is 2.46. The van der Waals surface area contributed by atoms with Gasteiger partial charge in [-0.25, -0.2) is 0 Å². The third-order valence-corrected chi connectivity index (χ3v) is 6.99. The number of amidine groups is 1. The molecule has 31 heavy (non-hydrogen) atoms. The minimum absolute atomic E-state index is 0.130. The third kappa shape index (κ3) is 3.52. The average molecular weight is 443 g/mol. The monoisotopic (exact) mass is 442 g/mol. The van der Waals surface area contributed by atoms with Crippen LogP contribution < -0.4 is 0 Å². The van der Waals surface area contributed by atoms with Gasteiger partial charge < -0.3 is 9.47 Å². The molecule has 1 fully saturated rings. The Morgan fingerprint density at radius 1 is 1.10 bits per heavy atom. The first-order valence-electron chi connectivity index (χ1n) is 10.2. The van der Waals surface area contributed by atoms with Crippen LogP contribution in [0.5, 0.6) is 0 Å². The summed E-state index contributed by atoms with van der Waals surface area (Å²) in [4.78, 5) is 11.9. The van der Waals surface area contributed by atoms with Crippen LogP contribution >= 0.6 is 11.8 Å². The van der Waals surface area contributed by atoms with Crippen LogP contribution in [0.15, 0.2) is 72.0 Å². The second-order valence-corrected chi connectivity index (χ2v) is 8.67. The lowest BCUT2D eigenvalue weighted by molar-refractivity contribution is -0.137. The summed E-state index contributed by atoms with van der Waals surface area (Å²) in [7, 11) is 0. The van der Waals surface area contributed by atoms with E-state index in [2.05, 4.69) is 16.8 Å². The van der Waals surface area contributed by atoms with Crippen molar-refractivity contribution in [2.75, 3.05) is 5.75 Å². The molecule has 0 amide bonds. The van der Waals surface area contributed by atoms with E-state index in [1.807, 2.05) is 41.1 Å². The summed E-state index contributed by atoms with van der Waals surface area (Å²) in [5, 5.41) is 0.990. The molecule has 0 bridgehead atoms. The lowest BCUT2D eigenvalue weighted by atomic mass is 9.99. The van der Waals surface area contributed by atoms with E-state index >= 15 is 0 Å². The van der Waals surface area contributed by atoms with Gasteiger partial charge in [-0.3, -0.25) is 9.98 Å². The van der Waals surface area contributed by atoms with E-state index in [1.165, 1.54) is 12.1 Å². The predicted molar refractivity (Wildman–Crippen MR) is 116 cm³/mol. The molecule has 0 unspecified atom stereocenters. The molecule has 4 heterocycles. The summed E-state index contributed by atoms with van der Waals surface area (Å²) in [5.41, 5.74) is 1.61. The maximum atomic E-state index is 13.3. The number of rotatable bonds is 4. The average Bonchev–Trinajstić information content (AvgIpc) is 3.48. The minimum Gasteiger partial charge on any atom is -0.337 e. The van der Waals surface area contributed by atoms with Gasteiger partial charge in [0.1, 0.15) is 12.1 Å². The fourth-order valence-corrected chi connectivity index (χ4v) is 5.71. The van der Waals surface area contributed by atoms with Crippen LogP contribution in [0.2, 0.25) is 0 Å². The Labute approximate surface area is 182 Å². The van der Waals surface area contributed by atoms with Gasteiger partial charge in [-0.15, -0.1) is 0 Å². The molecule has 2 aliphatic heterocycles. The van der Waals surface area contributed by atoms with E-state index in [4.69, 9.17) is 4.99 Å². The SMILES string of the molecule is CC[C@@H]1CSC2=N[C@H](c3ccccn3)[C@@H](c3cccn3-c3cccc(C(F)(F)F)c3)N21. The zero-order valence-corrected chi connectivity index (χ0v) is 17.6. The summed E-state index contributed by atoms with van der Waals surface area (Å²) in [5.74, 6) is 0.963. The van der Waals surface area contributed by atoms with Crippen LogP contribution in [0.3, 0.4) is 0 Å². The lowest BCUT2D eigenvalue weighted by Gasteiger charge is -2.32. The number of benzene rings is 1. The minimum atomic E-state index is -4.39. The first-order valence-corrected chi connectivity index (χ1v) is 11.2. The van der Waals surface area contributed by atoms with Crippen molar-refractivity contribution in [3.8, 4) is 5.69 Å². The Morgan fingerprint density at radius 3 is 2.71 bits per heavy atom. The number of hydrogen-bond acceptors (Lipinski definition) is 4. The molecule has 4 nitrogen and oxygen atoms in total. The number of nitrogens with zero attached hydrogens (tertiary/aromatic N) is 4. The van der Waals surface area contributed by atoms with Crippen molar-refractivity contribution in [3.05, 3.63) is 83.9 Å². The molecule has 3 aromatic rings. The van der Waals surface area contributed by atoms with Crippen LogP contribution in [-0.2, 0) is 6.18 Å². The molecule has 2 aromatic heterocycles. The van der Waals surface area contributed by atoms with Gasteiger partial charge >= 0.3 is 6.18 Å². The van der Waals surface area contributed by atoms with Crippen molar-refractivity contribution in [2.45, 2.75) is 37.6 Å². The lowest BCUT2D eigenvalue weighted by Crippen LogP contribution is -2.36. The second kappa shape index (κ2) is 7.75. The molecular formula is C23H21F3N4S. The molecular weight excluding hydrogens is 421 g/mol. The van der Waals surface area contributed by atoms with Gasteiger partial charge in [0.05, 0.1) is 11.3 Å². The third-order valence-electron chi connectivity index (χ3n) is 5.86. The first-order chi connectivity index (χ1) is 15.0. The molecule has 160 valence electrons. The first kappa shape index (κ1) is 20.2. The molecule has 1 saturated heterocycles. The zero-order chi connectivity index (χ0) is 21.6. The summed E-state index contributed by atoms with van der Waals surface area (Å²) in [6, 6.07) is 15.1. The zero-order valence-electron chi connectivity index (χ0n) is 16.8. The smallest absolute Gasteiger partial charge is 0.337 e. The highest BCUT2D eigenvalue weighted by Crippen LogP contribution is 2.49. The molecule has 0 radical (unpaired) electrons. The van der Waals surface area contributed by atoms with Gasteiger partial charge in [-0.05, 0) is 48.9 Å². The van der Waals surface area contributed by atoms with Crippen LogP contribution in [0, 0.1) is 0 Å². The number of aliphatic imine (C=N–C) groups is 1. The molecule has 3 atom stereocenters. The highest BCUT2D eigenvalue weighted by atomic mass is 32.2. The number of thioether (sulfide) groups is 1. The quantitative estimate of drug-likeness (QED) is 0.507. The Hall–Kier alpha value is -2.74. The summed E-state index contributed by atoms with van der Waals surface area (Å²) in [6.45, 7) is 2.16.